The molecular weight excluding hydrogens is 398 g/mol. The number of nitrogens with zero attached hydrogens (tertiary/aromatic N) is 1. The Morgan fingerprint density at radius 1 is 1.00 bits per heavy atom. The zero-order chi connectivity index (χ0) is 21.5. The van der Waals surface area contributed by atoms with E-state index < -0.39 is 5.97 Å². The molecule has 5 heteroatoms. The largest absolute Gasteiger partial charge is 0.481 e. The van der Waals surface area contributed by atoms with Gasteiger partial charge in [-0.25, -0.2) is 4.79 Å². The maximum Gasteiger partial charge on any atom is 0.349 e. The zero-order valence-electron chi connectivity index (χ0n) is 16.7. The smallest absolute Gasteiger partial charge is 0.349 e. The molecule has 4 nitrogen and oxygen atoms in total. The number of halogens is 1. The van der Waals surface area contributed by atoms with Crippen LogP contribution >= 0.6 is 11.6 Å². The minimum Gasteiger partial charge on any atom is -0.481 e. The Kier molecular flexibility index (Phi) is 6.90. The minimum absolute atomic E-state index is 0.178. The molecule has 30 heavy (non-hydrogen) atoms. The summed E-state index contributed by atoms with van der Waals surface area (Å²) in [5, 5.41) is 10.1. The van der Waals surface area contributed by atoms with Gasteiger partial charge in [-0.1, -0.05) is 54.1 Å². The number of carbonyl (C=O) groups is 1. The van der Waals surface area contributed by atoms with E-state index in [-0.39, 0.29) is 6.61 Å². The number of hydrogen-bond donors (Lipinski definition) is 0. The second-order valence-electron chi connectivity index (χ2n) is 6.73. The van der Waals surface area contributed by atoms with Gasteiger partial charge >= 0.3 is 5.97 Å². The average molecular weight is 418 g/mol. The second kappa shape index (κ2) is 9.78. The number of hydrogen-bond acceptors (Lipinski definition) is 4. The van der Waals surface area contributed by atoms with Gasteiger partial charge in [-0.05, 0) is 66.4 Å². The molecular formula is C25H20ClNO3. The van der Waals surface area contributed by atoms with Gasteiger partial charge in [-0.15, -0.1) is 0 Å². The molecule has 0 bridgehead atoms. The van der Waals surface area contributed by atoms with Crippen molar-refractivity contribution in [2.75, 3.05) is 6.61 Å². The van der Waals surface area contributed by atoms with Gasteiger partial charge in [0.25, 0.3) is 0 Å². The highest BCUT2D eigenvalue weighted by atomic mass is 35.5. The van der Waals surface area contributed by atoms with Crippen molar-refractivity contribution in [3.8, 4) is 17.6 Å². The predicted molar refractivity (Wildman–Crippen MR) is 118 cm³/mol. The third-order valence-electron chi connectivity index (χ3n) is 4.44. The Labute approximate surface area is 180 Å². The Morgan fingerprint density at radius 3 is 2.23 bits per heavy atom. The van der Waals surface area contributed by atoms with Crippen LogP contribution in [0.3, 0.4) is 0 Å². The summed E-state index contributed by atoms with van der Waals surface area (Å²) in [5.74, 6) is 0.619. The first-order valence-electron chi connectivity index (χ1n) is 9.34. The first kappa shape index (κ1) is 21.2. The lowest BCUT2D eigenvalue weighted by Gasteiger charge is -2.11. The molecule has 0 fully saturated rings. The van der Waals surface area contributed by atoms with E-state index >= 15 is 0 Å². The molecule has 0 radical (unpaired) electrons. The number of aryl methyl sites for hydroxylation is 2. The number of ether oxygens (including phenoxy) is 2. The van der Waals surface area contributed by atoms with Gasteiger partial charge < -0.3 is 9.47 Å². The number of para-hydroxylation sites is 1. The fraction of sp³-hybridized carbons (Fsp3) is 0.120. The number of allylic oxidation sites excluding steroid dienone is 1. The fourth-order valence-electron chi connectivity index (χ4n) is 2.93. The Bertz CT molecular complexity index is 1090. The normalized spacial score (nSPS) is 10.9. The molecule has 0 aliphatic carbocycles. The zero-order valence-corrected chi connectivity index (χ0v) is 17.4. The summed E-state index contributed by atoms with van der Waals surface area (Å²) in [6.07, 6.45) is 1.76. The van der Waals surface area contributed by atoms with E-state index in [1.165, 1.54) is 0 Å². The summed E-state index contributed by atoms with van der Waals surface area (Å²) in [7, 11) is 0. The summed E-state index contributed by atoms with van der Waals surface area (Å²) in [6.45, 7) is 3.68. The van der Waals surface area contributed by atoms with Crippen LogP contribution < -0.4 is 9.47 Å². The van der Waals surface area contributed by atoms with E-state index in [0.717, 1.165) is 22.3 Å². The van der Waals surface area contributed by atoms with Crippen LogP contribution in [0.4, 0.5) is 0 Å². The van der Waals surface area contributed by atoms with Crippen LogP contribution in [0, 0.1) is 25.2 Å². The van der Waals surface area contributed by atoms with Gasteiger partial charge in [-0.2, -0.15) is 5.26 Å². The van der Waals surface area contributed by atoms with Crippen molar-refractivity contribution in [3.05, 3.63) is 94.0 Å². The molecule has 3 rings (SSSR count). The van der Waals surface area contributed by atoms with Crippen LogP contribution in [-0.4, -0.2) is 12.6 Å². The molecule has 0 amide bonds. The fourth-order valence-corrected chi connectivity index (χ4v) is 3.05. The first-order chi connectivity index (χ1) is 14.5. The maximum atomic E-state index is 12.1. The van der Waals surface area contributed by atoms with E-state index in [1.807, 2.05) is 32.0 Å². The van der Waals surface area contributed by atoms with E-state index in [1.54, 1.807) is 54.6 Å². The summed E-state index contributed by atoms with van der Waals surface area (Å²) in [4.78, 5) is 12.1. The lowest BCUT2D eigenvalue weighted by atomic mass is 10.0. The summed E-state index contributed by atoms with van der Waals surface area (Å²) >= 11 is 5.90. The standard InChI is InChI=1S/C25H20ClNO3/c1-17-4-3-5-18(2)25(17)29-16-24(28)30-23-12-6-19(7-13-23)14-21(15-27)20-8-10-22(26)11-9-20/h3-14H,16H2,1-2H3/b21-14-. The lowest BCUT2D eigenvalue weighted by Crippen LogP contribution is -2.18. The average Bonchev–Trinajstić information content (AvgIpc) is 2.73. The van der Waals surface area contributed by atoms with Gasteiger partial charge in [0.05, 0.1) is 11.6 Å². The number of rotatable bonds is 6. The van der Waals surface area contributed by atoms with Crippen molar-refractivity contribution >= 4 is 29.2 Å². The summed E-state index contributed by atoms with van der Waals surface area (Å²) in [6, 6.07) is 22.0. The van der Waals surface area contributed by atoms with Gasteiger partial charge in [-0.3, -0.25) is 0 Å². The second-order valence-corrected chi connectivity index (χ2v) is 7.17. The van der Waals surface area contributed by atoms with E-state index in [4.69, 9.17) is 21.1 Å². The monoisotopic (exact) mass is 417 g/mol. The first-order valence-corrected chi connectivity index (χ1v) is 9.71. The third kappa shape index (κ3) is 5.50. The molecule has 0 N–H and O–H groups in total. The van der Waals surface area contributed by atoms with E-state index in [9.17, 15) is 10.1 Å². The maximum absolute atomic E-state index is 12.1. The molecule has 0 atom stereocenters. The molecule has 0 unspecified atom stereocenters. The quantitative estimate of drug-likeness (QED) is 0.213. The summed E-state index contributed by atoms with van der Waals surface area (Å²) < 4.78 is 11.0. The van der Waals surface area contributed by atoms with Crippen LogP contribution in [0.25, 0.3) is 11.6 Å². The molecule has 0 aromatic heterocycles. The summed E-state index contributed by atoms with van der Waals surface area (Å²) in [5.41, 5.74) is 4.04. The third-order valence-corrected chi connectivity index (χ3v) is 4.69. The van der Waals surface area contributed by atoms with Crippen molar-refractivity contribution in [1.29, 1.82) is 5.26 Å². The highest BCUT2D eigenvalue weighted by Gasteiger charge is 2.09. The predicted octanol–water partition coefficient (Wildman–Crippen LogP) is 6.01. The topological polar surface area (TPSA) is 59.3 Å². The minimum atomic E-state index is -0.486. The molecule has 150 valence electrons. The van der Waals surface area contributed by atoms with Crippen LogP contribution in [0.2, 0.25) is 5.02 Å². The Hall–Kier alpha value is -3.55. The van der Waals surface area contributed by atoms with Gasteiger partial charge in [0.2, 0.25) is 0 Å². The number of carbonyl (C=O) groups excluding carboxylic acids is 1. The van der Waals surface area contributed by atoms with Crippen molar-refractivity contribution in [3.63, 3.8) is 0 Å². The number of benzene rings is 3. The molecule has 3 aromatic carbocycles. The highest BCUT2D eigenvalue weighted by Crippen LogP contribution is 2.23. The Morgan fingerprint density at radius 2 is 1.63 bits per heavy atom. The highest BCUT2D eigenvalue weighted by molar-refractivity contribution is 6.30. The van der Waals surface area contributed by atoms with Crippen LogP contribution in [0.1, 0.15) is 22.3 Å². The van der Waals surface area contributed by atoms with E-state index in [2.05, 4.69) is 6.07 Å². The van der Waals surface area contributed by atoms with Gasteiger partial charge in [0, 0.05) is 5.02 Å². The molecule has 0 saturated heterocycles. The SMILES string of the molecule is Cc1cccc(C)c1OCC(=O)Oc1ccc(/C=C(/C#N)c2ccc(Cl)cc2)cc1. The molecule has 3 aromatic rings. The van der Waals surface area contributed by atoms with Crippen LogP contribution in [0.15, 0.2) is 66.7 Å². The van der Waals surface area contributed by atoms with Crippen molar-refractivity contribution in [2.45, 2.75) is 13.8 Å². The number of esters is 1. The van der Waals surface area contributed by atoms with Crippen LogP contribution in [-0.2, 0) is 4.79 Å². The molecule has 0 spiro atoms. The molecule has 0 heterocycles. The van der Waals surface area contributed by atoms with E-state index in [0.29, 0.717) is 22.1 Å². The van der Waals surface area contributed by atoms with Crippen molar-refractivity contribution < 1.29 is 14.3 Å². The van der Waals surface area contributed by atoms with Crippen molar-refractivity contribution in [1.82, 2.24) is 0 Å². The lowest BCUT2D eigenvalue weighted by molar-refractivity contribution is -0.136. The Balaban J connectivity index is 1.63. The molecule has 0 aliphatic heterocycles. The van der Waals surface area contributed by atoms with Crippen LogP contribution in [0.5, 0.6) is 11.5 Å². The van der Waals surface area contributed by atoms with Crippen molar-refractivity contribution in [2.24, 2.45) is 0 Å². The van der Waals surface area contributed by atoms with Gasteiger partial charge in [0.1, 0.15) is 11.5 Å². The number of nitriles is 1. The van der Waals surface area contributed by atoms with Gasteiger partial charge in [0.15, 0.2) is 6.61 Å². The molecule has 0 aliphatic rings. The molecule has 0 saturated carbocycles.